The Morgan fingerprint density at radius 1 is 1.18 bits per heavy atom. The van der Waals surface area contributed by atoms with Crippen molar-refractivity contribution in [3.05, 3.63) is 36.4 Å². The van der Waals surface area contributed by atoms with Crippen LogP contribution >= 0.6 is 0 Å². The molecule has 3 rings (SSSR count). The maximum absolute atomic E-state index is 12.0. The van der Waals surface area contributed by atoms with Gasteiger partial charge in [-0.3, -0.25) is 9.59 Å². The van der Waals surface area contributed by atoms with Gasteiger partial charge in [0.25, 0.3) is 0 Å². The lowest BCUT2D eigenvalue weighted by molar-refractivity contribution is -0.127. The Labute approximate surface area is 128 Å². The van der Waals surface area contributed by atoms with Gasteiger partial charge in [0.05, 0.1) is 11.8 Å². The normalized spacial score (nSPS) is 21.1. The fourth-order valence-electron chi connectivity index (χ4n) is 2.45. The molecule has 1 saturated carbocycles. The van der Waals surface area contributed by atoms with Crippen LogP contribution in [-0.2, 0) is 16.1 Å². The van der Waals surface area contributed by atoms with Crippen molar-refractivity contribution in [2.24, 2.45) is 11.8 Å². The molecule has 2 N–H and O–H groups in total. The van der Waals surface area contributed by atoms with Gasteiger partial charge in [-0.05, 0) is 24.1 Å². The fraction of sp³-hybridized carbons (Fsp3) is 0.375. The molecular weight excluding hydrogens is 284 g/mol. The molecule has 2 unspecified atom stereocenters. The molecule has 1 aromatic rings. The number of carbonyl (C=O) groups excluding carboxylic acids is 2. The summed E-state index contributed by atoms with van der Waals surface area (Å²) in [5.41, 5.74) is 0.936. The lowest BCUT2D eigenvalue weighted by Gasteiger charge is -2.06. The Balaban J connectivity index is 1.47. The Hall–Kier alpha value is -2.50. The van der Waals surface area contributed by atoms with Crippen LogP contribution in [0.3, 0.4) is 0 Å². The van der Waals surface area contributed by atoms with E-state index in [1.54, 1.807) is 6.08 Å². The van der Waals surface area contributed by atoms with Crippen LogP contribution in [0.4, 0.5) is 0 Å². The second-order valence-corrected chi connectivity index (χ2v) is 5.39. The molecule has 1 aliphatic carbocycles. The van der Waals surface area contributed by atoms with Gasteiger partial charge in [-0.1, -0.05) is 12.1 Å². The zero-order valence-electron chi connectivity index (χ0n) is 12.1. The SMILES string of the molecule is C=CCNC(=O)C1CC1C(=O)NCc1ccc2c(c1)OCO2. The van der Waals surface area contributed by atoms with Crippen LogP contribution in [-0.4, -0.2) is 25.2 Å². The quantitative estimate of drug-likeness (QED) is 0.768. The predicted octanol–water partition coefficient (Wildman–Crippen LogP) is 0.970. The largest absolute Gasteiger partial charge is 0.454 e. The molecule has 22 heavy (non-hydrogen) atoms. The molecule has 0 spiro atoms. The molecule has 1 aliphatic heterocycles. The number of amides is 2. The van der Waals surface area contributed by atoms with Crippen LogP contribution < -0.4 is 20.1 Å². The van der Waals surface area contributed by atoms with Crippen LogP contribution in [0.15, 0.2) is 30.9 Å². The van der Waals surface area contributed by atoms with Gasteiger partial charge >= 0.3 is 0 Å². The first-order valence-corrected chi connectivity index (χ1v) is 7.24. The van der Waals surface area contributed by atoms with Gasteiger partial charge < -0.3 is 20.1 Å². The molecule has 0 radical (unpaired) electrons. The molecular formula is C16H18N2O4. The summed E-state index contributed by atoms with van der Waals surface area (Å²) in [5, 5.41) is 5.57. The van der Waals surface area contributed by atoms with E-state index in [-0.39, 0.29) is 30.4 Å². The van der Waals surface area contributed by atoms with E-state index in [4.69, 9.17) is 9.47 Å². The summed E-state index contributed by atoms with van der Waals surface area (Å²) in [5.74, 6) is 0.811. The van der Waals surface area contributed by atoms with Crippen molar-refractivity contribution in [3.63, 3.8) is 0 Å². The molecule has 116 valence electrons. The lowest BCUT2D eigenvalue weighted by atomic mass is 10.2. The molecule has 2 aliphatic rings. The summed E-state index contributed by atoms with van der Waals surface area (Å²) in [7, 11) is 0. The Morgan fingerprint density at radius 2 is 1.91 bits per heavy atom. The summed E-state index contributed by atoms with van der Waals surface area (Å²) in [6.07, 6.45) is 2.23. The summed E-state index contributed by atoms with van der Waals surface area (Å²) < 4.78 is 10.5. The molecule has 2 amide bonds. The van der Waals surface area contributed by atoms with Crippen LogP contribution in [0.2, 0.25) is 0 Å². The second-order valence-electron chi connectivity index (χ2n) is 5.39. The van der Waals surface area contributed by atoms with E-state index in [1.165, 1.54) is 0 Å². The van der Waals surface area contributed by atoms with E-state index in [0.717, 1.165) is 11.3 Å². The number of benzene rings is 1. The molecule has 0 aromatic heterocycles. The minimum Gasteiger partial charge on any atom is -0.454 e. The molecule has 2 atom stereocenters. The number of ether oxygens (including phenoxy) is 2. The fourth-order valence-corrected chi connectivity index (χ4v) is 2.45. The maximum atomic E-state index is 12.0. The molecule has 1 fully saturated rings. The number of nitrogens with one attached hydrogen (secondary N) is 2. The van der Waals surface area contributed by atoms with E-state index in [2.05, 4.69) is 17.2 Å². The number of carbonyl (C=O) groups is 2. The third-order valence-electron chi connectivity index (χ3n) is 3.79. The molecule has 0 saturated heterocycles. The third-order valence-corrected chi connectivity index (χ3v) is 3.79. The number of fused-ring (bicyclic) bond motifs is 1. The van der Waals surface area contributed by atoms with Crippen molar-refractivity contribution in [3.8, 4) is 11.5 Å². The maximum Gasteiger partial charge on any atom is 0.231 e. The predicted molar refractivity (Wildman–Crippen MR) is 79.2 cm³/mol. The number of hydrogen-bond acceptors (Lipinski definition) is 4. The molecule has 6 heteroatoms. The zero-order valence-corrected chi connectivity index (χ0v) is 12.1. The van der Waals surface area contributed by atoms with Crippen LogP contribution in [0, 0.1) is 11.8 Å². The van der Waals surface area contributed by atoms with Crippen molar-refractivity contribution >= 4 is 11.8 Å². The Bertz CT molecular complexity index is 614. The highest BCUT2D eigenvalue weighted by atomic mass is 16.7. The van der Waals surface area contributed by atoms with Gasteiger partial charge in [0.15, 0.2) is 11.5 Å². The van der Waals surface area contributed by atoms with Gasteiger partial charge in [-0.2, -0.15) is 0 Å². The first kappa shape index (κ1) is 14.4. The Kier molecular flexibility index (Phi) is 4.00. The minimum atomic E-state index is -0.223. The van der Waals surface area contributed by atoms with Crippen molar-refractivity contribution in [2.45, 2.75) is 13.0 Å². The van der Waals surface area contributed by atoms with Gasteiger partial charge in [0.1, 0.15) is 0 Å². The average molecular weight is 302 g/mol. The standard InChI is InChI=1S/C16H18N2O4/c1-2-5-17-15(19)11-7-12(11)16(20)18-8-10-3-4-13-14(6-10)22-9-21-13/h2-4,6,11-12H,1,5,7-9H2,(H,17,19)(H,18,20). The Morgan fingerprint density at radius 3 is 2.68 bits per heavy atom. The smallest absolute Gasteiger partial charge is 0.231 e. The van der Waals surface area contributed by atoms with Crippen LogP contribution in [0.25, 0.3) is 0 Å². The van der Waals surface area contributed by atoms with Crippen LogP contribution in [0.5, 0.6) is 11.5 Å². The highest BCUT2D eigenvalue weighted by Gasteiger charge is 2.47. The van der Waals surface area contributed by atoms with Crippen molar-refractivity contribution in [2.75, 3.05) is 13.3 Å². The minimum absolute atomic E-state index is 0.0804. The lowest BCUT2D eigenvalue weighted by Crippen LogP contribution is -2.30. The van der Waals surface area contributed by atoms with E-state index in [0.29, 0.717) is 25.3 Å². The first-order chi connectivity index (χ1) is 10.7. The highest BCUT2D eigenvalue weighted by Crippen LogP contribution is 2.39. The van der Waals surface area contributed by atoms with E-state index in [1.807, 2.05) is 18.2 Å². The zero-order chi connectivity index (χ0) is 15.5. The second kappa shape index (κ2) is 6.09. The molecule has 0 bridgehead atoms. The van der Waals surface area contributed by atoms with E-state index >= 15 is 0 Å². The molecule has 1 aromatic carbocycles. The van der Waals surface area contributed by atoms with Gasteiger partial charge in [0.2, 0.25) is 18.6 Å². The van der Waals surface area contributed by atoms with Crippen LogP contribution in [0.1, 0.15) is 12.0 Å². The summed E-state index contributed by atoms with van der Waals surface area (Å²) in [4.78, 5) is 23.7. The topological polar surface area (TPSA) is 76.7 Å². The van der Waals surface area contributed by atoms with Gasteiger partial charge in [-0.25, -0.2) is 0 Å². The van der Waals surface area contributed by atoms with Gasteiger partial charge in [-0.15, -0.1) is 6.58 Å². The highest BCUT2D eigenvalue weighted by molar-refractivity contribution is 5.92. The van der Waals surface area contributed by atoms with Crippen molar-refractivity contribution in [1.29, 1.82) is 0 Å². The molecule has 1 heterocycles. The third kappa shape index (κ3) is 3.05. The van der Waals surface area contributed by atoms with Gasteiger partial charge in [0, 0.05) is 13.1 Å². The average Bonchev–Trinajstić information content (AvgIpc) is 3.20. The monoisotopic (exact) mass is 302 g/mol. The summed E-state index contributed by atoms with van der Waals surface area (Å²) >= 11 is 0. The number of rotatable bonds is 6. The van der Waals surface area contributed by atoms with Crippen molar-refractivity contribution in [1.82, 2.24) is 10.6 Å². The van der Waals surface area contributed by atoms with E-state index in [9.17, 15) is 9.59 Å². The number of hydrogen-bond donors (Lipinski definition) is 2. The first-order valence-electron chi connectivity index (χ1n) is 7.24. The summed E-state index contributed by atoms with van der Waals surface area (Å²) in [6.45, 7) is 4.61. The van der Waals surface area contributed by atoms with E-state index < -0.39 is 0 Å². The molecule has 6 nitrogen and oxygen atoms in total. The van der Waals surface area contributed by atoms with Crippen molar-refractivity contribution < 1.29 is 19.1 Å². The summed E-state index contributed by atoms with van der Waals surface area (Å²) in [6, 6.07) is 5.56.